The molecule has 3 heteroatoms. The van der Waals surface area contributed by atoms with E-state index in [4.69, 9.17) is 5.11 Å². The number of hydrogen-bond donors (Lipinski definition) is 1. The van der Waals surface area contributed by atoms with Gasteiger partial charge < -0.3 is 5.11 Å². The van der Waals surface area contributed by atoms with E-state index >= 15 is 0 Å². The van der Waals surface area contributed by atoms with E-state index in [1.165, 1.54) is 6.92 Å². The Morgan fingerprint density at radius 3 is 1.62 bits per heavy atom. The Morgan fingerprint density at radius 2 is 1.31 bits per heavy atom. The van der Waals surface area contributed by atoms with Crippen molar-refractivity contribution in [2.75, 3.05) is 0 Å². The fourth-order valence-corrected chi connectivity index (χ4v) is 1.44. The lowest BCUT2D eigenvalue weighted by molar-refractivity contribution is 0.278. The van der Waals surface area contributed by atoms with Gasteiger partial charge in [-0.1, -0.05) is 0 Å². The van der Waals surface area contributed by atoms with Crippen molar-refractivity contribution >= 4 is 0 Å². The molecule has 0 aliphatic rings. The van der Waals surface area contributed by atoms with Crippen molar-refractivity contribution in [3.8, 4) is 0 Å². The predicted octanol–water partition coefficient (Wildman–Crippen LogP) is 2.38. The Bertz CT molecular complexity index is 316. The van der Waals surface area contributed by atoms with Gasteiger partial charge in [-0.2, -0.15) is 0 Å². The molecule has 1 aromatic rings. The highest BCUT2D eigenvalue weighted by molar-refractivity contribution is 5.39. The highest BCUT2D eigenvalue weighted by Crippen LogP contribution is 2.24. The first-order valence-corrected chi connectivity index (χ1v) is 4.05. The molecule has 0 aliphatic carbocycles. The van der Waals surface area contributed by atoms with Gasteiger partial charge in [-0.3, -0.25) is 0 Å². The van der Waals surface area contributed by atoms with E-state index in [0.29, 0.717) is 16.7 Å². The molecule has 0 atom stereocenters. The van der Waals surface area contributed by atoms with Gasteiger partial charge in [0.15, 0.2) is 0 Å². The maximum atomic E-state index is 13.3. The summed E-state index contributed by atoms with van der Waals surface area (Å²) in [7, 11) is 0. The van der Waals surface area contributed by atoms with Crippen LogP contribution in [0.2, 0.25) is 0 Å². The monoisotopic (exact) mass is 186 g/mol. The highest BCUT2D eigenvalue weighted by Gasteiger charge is 2.15. The molecule has 0 aromatic heterocycles. The van der Waals surface area contributed by atoms with Crippen LogP contribution in [0.5, 0.6) is 0 Å². The Labute approximate surface area is 76.0 Å². The Hall–Kier alpha value is -0.960. The van der Waals surface area contributed by atoms with Crippen molar-refractivity contribution in [3.05, 3.63) is 33.9 Å². The second kappa shape index (κ2) is 3.42. The fraction of sp³-hybridized carbons (Fsp3) is 0.400. The number of halogens is 2. The molecule has 1 nitrogen and oxygen atoms in total. The maximum absolute atomic E-state index is 13.3. The van der Waals surface area contributed by atoms with Crippen LogP contribution in [0.4, 0.5) is 8.78 Å². The third-order valence-corrected chi connectivity index (χ3v) is 2.38. The van der Waals surface area contributed by atoms with Crippen LogP contribution in [0.25, 0.3) is 0 Å². The van der Waals surface area contributed by atoms with Crippen molar-refractivity contribution in [3.63, 3.8) is 0 Å². The number of hydrogen-bond acceptors (Lipinski definition) is 1. The molecule has 1 rings (SSSR count). The largest absolute Gasteiger partial charge is 0.392 e. The second-order valence-corrected chi connectivity index (χ2v) is 3.14. The van der Waals surface area contributed by atoms with Crippen LogP contribution in [0.15, 0.2) is 0 Å². The van der Waals surface area contributed by atoms with Gasteiger partial charge in [-0.25, -0.2) is 8.78 Å². The average molecular weight is 186 g/mol. The van der Waals surface area contributed by atoms with E-state index in [2.05, 4.69) is 0 Å². The number of rotatable bonds is 1. The van der Waals surface area contributed by atoms with Crippen LogP contribution >= 0.6 is 0 Å². The van der Waals surface area contributed by atoms with Gasteiger partial charge >= 0.3 is 0 Å². The summed E-state index contributed by atoms with van der Waals surface area (Å²) in [6.45, 7) is 4.15. The molecule has 0 saturated heterocycles. The normalized spacial score (nSPS) is 10.6. The average Bonchev–Trinajstić information content (AvgIpc) is 2.13. The van der Waals surface area contributed by atoms with E-state index in [0.717, 1.165) is 0 Å². The molecule has 0 fully saturated rings. The summed E-state index contributed by atoms with van der Waals surface area (Å²) < 4.78 is 26.5. The van der Waals surface area contributed by atoms with Crippen LogP contribution in [-0.4, -0.2) is 5.11 Å². The van der Waals surface area contributed by atoms with Gasteiger partial charge in [-0.15, -0.1) is 0 Å². The molecular formula is C10H12F2O. The molecule has 0 bridgehead atoms. The molecule has 0 aliphatic heterocycles. The standard InChI is InChI=1S/C10H12F2O/c1-5-8(4-13)6(2)10(12)7(3)9(5)11/h13H,4H2,1-3H3. The van der Waals surface area contributed by atoms with Crippen molar-refractivity contribution in [1.82, 2.24) is 0 Å². The van der Waals surface area contributed by atoms with Crippen molar-refractivity contribution in [1.29, 1.82) is 0 Å². The van der Waals surface area contributed by atoms with Crippen LogP contribution < -0.4 is 0 Å². The van der Waals surface area contributed by atoms with Crippen molar-refractivity contribution < 1.29 is 13.9 Å². The van der Waals surface area contributed by atoms with Crippen LogP contribution in [0.1, 0.15) is 22.3 Å². The molecule has 0 unspecified atom stereocenters. The lowest BCUT2D eigenvalue weighted by Crippen LogP contribution is -2.03. The first-order valence-electron chi connectivity index (χ1n) is 4.05. The third kappa shape index (κ3) is 1.44. The lowest BCUT2D eigenvalue weighted by atomic mass is 9.99. The molecule has 0 heterocycles. The van der Waals surface area contributed by atoms with E-state index in [1.807, 2.05) is 0 Å². The summed E-state index contributed by atoms with van der Waals surface area (Å²) in [6.07, 6.45) is 0. The highest BCUT2D eigenvalue weighted by atomic mass is 19.1. The van der Waals surface area contributed by atoms with E-state index in [9.17, 15) is 8.78 Å². The lowest BCUT2D eigenvalue weighted by Gasteiger charge is -2.11. The zero-order chi connectivity index (χ0) is 10.2. The van der Waals surface area contributed by atoms with Gasteiger partial charge in [0.05, 0.1) is 6.61 Å². The summed E-state index contributed by atoms with van der Waals surface area (Å²) in [4.78, 5) is 0. The van der Waals surface area contributed by atoms with Crippen LogP contribution in [0.3, 0.4) is 0 Å². The molecule has 0 amide bonds. The summed E-state index contributed by atoms with van der Waals surface area (Å²) in [5.74, 6) is -1.13. The molecule has 72 valence electrons. The summed E-state index contributed by atoms with van der Waals surface area (Å²) >= 11 is 0. The summed E-state index contributed by atoms with van der Waals surface area (Å²) in [5.41, 5.74) is 1.03. The predicted molar refractivity (Wildman–Crippen MR) is 46.5 cm³/mol. The molecule has 0 radical (unpaired) electrons. The molecule has 0 saturated carbocycles. The quantitative estimate of drug-likeness (QED) is 0.714. The van der Waals surface area contributed by atoms with Crippen LogP contribution in [0, 0.1) is 32.4 Å². The first-order chi connectivity index (χ1) is 6.00. The second-order valence-electron chi connectivity index (χ2n) is 3.14. The van der Waals surface area contributed by atoms with Crippen LogP contribution in [-0.2, 0) is 6.61 Å². The Morgan fingerprint density at radius 1 is 0.923 bits per heavy atom. The third-order valence-electron chi connectivity index (χ3n) is 2.38. The number of aliphatic hydroxyl groups is 1. The minimum Gasteiger partial charge on any atom is -0.392 e. The topological polar surface area (TPSA) is 20.2 Å². The smallest absolute Gasteiger partial charge is 0.132 e. The summed E-state index contributed by atoms with van der Waals surface area (Å²) in [6, 6.07) is 0. The van der Waals surface area contributed by atoms with Crippen molar-refractivity contribution in [2.45, 2.75) is 27.4 Å². The zero-order valence-electron chi connectivity index (χ0n) is 7.91. The molecule has 0 spiro atoms. The molecule has 1 aromatic carbocycles. The van der Waals surface area contributed by atoms with E-state index < -0.39 is 11.6 Å². The SMILES string of the molecule is Cc1c(F)c(C)c(CO)c(C)c1F. The Kier molecular flexibility index (Phi) is 2.66. The number of aliphatic hydroxyl groups excluding tert-OH is 1. The van der Waals surface area contributed by atoms with E-state index in [-0.39, 0.29) is 12.2 Å². The zero-order valence-corrected chi connectivity index (χ0v) is 7.91. The molecular weight excluding hydrogens is 174 g/mol. The minimum atomic E-state index is -0.563. The fourth-order valence-electron chi connectivity index (χ4n) is 1.44. The van der Waals surface area contributed by atoms with E-state index in [1.54, 1.807) is 13.8 Å². The van der Waals surface area contributed by atoms with Gasteiger partial charge in [0, 0.05) is 5.56 Å². The Balaban J connectivity index is 3.56. The van der Waals surface area contributed by atoms with Crippen molar-refractivity contribution in [2.24, 2.45) is 0 Å². The maximum Gasteiger partial charge on any atom is 0.132 e. The molecule has 13 heavy (non-hydrogen) atoms. The summed E-state index contributed by atoms with van der Waals surface area (Å²) in [5, 5.41) is 8.91. The molecule has 1 N–H and O–H groups in total. The van der Waals surface area contributed by atoms with Gasteiger partial charge in [-0.05, 0) is 37.5 Å². The number of benzene rings is 1. The van der Waals surface area contributed by atoms with Gasteiger partial charge in [0.25, 0.3) is 0 Å². The van der Waals surface area contributed by atoms with Gasteiger partial charge in [0.1, 0.15) is 11.6 Å². The first kappa shape index (κ1) is 10.1. The van der Waals surface area contributed by atoms with Gasteiger partial charge in [0.2, 0.25) is 0 Å². The minimum absolute atomic E-state index is 0.0206.